The third-order valence-electron chi connectivity index (χ3n) is 1.82. The summed E-state index contributed by atoms with van der Waals surface area (Å²) in [7, 11) is 1.51. The van der Waals surface area contributed by atoms with E-state index >= 15 is 0 Å². The summed E-state index contributed by atoms with van der Waals surface area (Å²) in [4.78, 5) is 10.7. The van der Waals surface area contributed by atoms with Crippen LogP contribution < -0.4 is 4.74 Å². The monoisotopic (exact) mass is 214 g/mol. The maximum absolute atomic E-state index is 10.7. The molecule has 76 valence electrons. The van der Waals surface area contributed by atoms with E-state index in [-0.39, 0.29) is 6.79 Å². The van der Waals surface area contributed by atoms with Crippen LogP contribution in [0.1, 0.15) is 15.9 Å². The molecule has 0 fully saturated rings. The van der Waals surface area contributed by atoms with Gasteiger partial charge < -0.3 is 9.47 Å². The SMILES string of the molecule is COCOc1c(C=O)ccc(Cl)c1C. The molecule has 0 aromatic heterocycles. The molecule has 0 saturated carbocycles. The van der Waals surface area contributed by atoms with Gasteiger partial charge in [-0.05, 0) is 19.1 Å². The van der Waals surface area contributed by atoms with E-state index in [0.717, 1.165) is 11.8 Å². The molecule has 0 bridgehead atoms. The summed E-state index contributed by atoms with van der Waals surface area (Å²) >= 11 is 5.88. The van der Waals surface area contributed by atoms with Gasteiger partial charge in [-0.2, -0.15) is 0 Å². The first kappa shape index (κ1) is 11.0. The second kappa shape index (κ2) is 4.98. The van der Waals surface area contributed by atoms with Crippen LogP contribution in [-0.2, 0) is 4.74 Å². The lowest BCUT2D eigenvalue weighted by Crippen LogP contribution is -2.03. The van der Waals surface area contributed by atoms with Crippen molar-refractivity contribution < 1.29 is 14.3 Å². The molecule has 4 heteroatoms. The van der Waals surface area contributed by atoms with E-state index in [2.05, 4.69) is 0 Å². The molecule has 3 nitrogen and oxygen atoms in total. The second-order valence-corrected chi connectivity index (χ2v) is 3.17. The molecule has 0 unspecified atom stereocenters. The molecule has 0 N–H and O–H groups in total. The van der Waals surface area contributed by atoms with E-state index in [1.165, 1.54) is 7.11 Å². The molecule has 1 aromatic carbocycles. The molecule has 14 heavy (non-hydrogen) atoms. The van der Waals surface area contributed by atoms with Gasteiger partial charge in [-0.1, -0.05) is 11.6 Å². The van der Waals surface area contributed by atoms with E-state index in [9.17, 15) is 4.79 Å². The van der Waals surface area contributed by atoms with Crippen molar-refractivity contribution in [2.75, 3.05) is 13.9 Å². The van der Waals surface area contributed by atoms with E-state index in [1.807, 2.05) is 0 Å². The van der Waals surface area contributed by atoms with Crippen LogP contribution >= 0.6 is 11.6 Å². The zero-order valence-corrected chi connectivity index (χ0v) is 8.80. The van der Waals surface area contributed by atoms with Gasteiger partial charge in [0, 0.05) is 17.7 Å². The fourth-order valence-corrected chi connectivity index (χ4v) is 1.24. The Hall–Kier alpha value is -1.06. The topological polar surface area (TPSA) is 35.5 Å². The molecule has 1 rings (SSSR count). The molecular formula is C10H11ClO3. The minimum atomic E-state index is 0.0992. The smallest absolute Gasteiger partial charge is 0.188 e. The van der Waals surface area contributed by atoms with Gasteiger partial charge in [-0.15, -0.1) is 0 Å². The van der Waals surface area contributed by atoms with Crippen LogP contribution in [0, 0.1) is 6.92 Å². The standard InChI is InChI=1S/C10H11ClO3/c1-7-9(11)4-3-8(5-12)10(7)14-6-13-2/h3-5H,6H2,1-2H3. The largest absolute Gasteiger partial charge is 0.466 e. The number of carbonyl (C=O) groups excluding carboxylic acids is 1. The van der Waals surface area contributed by atoms with Crippen LogP contribution in [-0.4, -0.2) is 20.2 Å². The lowest BCUT2D eigenvalue weighted by Gasteiger charge is -2.11. The first-order valence-corrected chi connectivity index (χ1v) is 4.44. The zero-order chi connectivity index (χ0) is 10.6. The first-order chi connectivity index (χ1) is 6.70. The highest BCUT2D eigenvalue weighted by Gasteiger charge is 2.09. The summed E-state index contributed by atoms with van der Waals surface area (Å²) in [6, 6.07) is 3.29. The molecule has 0 heterocycles. The summed E-state index contributed by atoms with van der Waals surface area (Å²) in [5, 5.41) is 0.571. The van der Waals surface area contributed by atoms with Crippen molar-refractivity contribution >= 4 is 17.9 Å². The Labute approximate surface area is 87.6 Å². The predicted octanol–water partition coefficient (Wildman–Crippen LogP) is 2.44. The van der Waals surface area contributed by atoms with Crippen molar-refractivity contribution in [3.63, 3.8) is 0 Å². The summed E-state index contributed by atoms with van der Waals surface area (Å²) in [6.07, 6.45) is 0.730. The number of ether oxygens (including phenoxy) is 2. The van der Waals surface area contributed by atoms with Crippen molar-refractivity contribution in [2.24, 2.45) is 0 Å². The Kier molecular flexibility index (Phi) is 3.92. The highest BCUT2D eigenvalue weighted by atomic mass is 35.5. The average Bonchev–Trinajstić information content (AvgIpc) is 2.20. The summed E-state index contributed by atoms with van der Waals surface area (Å²) in [6.45, 7) is 1.89. The van der Waals surface area contributed by atoms with E-state index in [4.69, 9.17) is 21.1 Å². The Balaban J connectivity index is 3.07. The van der Waals surface area contributed by atoms with Gasteiger partial charge in [0.2, 0.25) is 0 Å². The van der Waals surface area contributed by atoms with E-state index in [0.29, 0.717) is 16.3 Å². The molecule has 0 radical (unpaired) electrons. The molecule has 0 saturated heterocycles. The van der Waals surface area contributed by atoms with Gasteiger partial charge in [0.05, 0.1) is 5.56 Å². The van der Waals surface area contributed by atoms with Crippen LogP contribution in [0.4, 0.5) is 0 Å². The van der Waals surface area contributed by atoms with Gasteiger partial charge >= 0.3 is 0 Å². The average molecular weight is 215 g/mol. The van der Waals surface area contributed by atoms with Crippen molar-refractivity contribution in [2.45, 2.75) is 6.92 Å². The minimum absolute atomic E-state index is 0.0992. The number of benzene rings is 1. The fraction of sp³-hybridized carbons (Fsp3) is 0.300. The molecule has 0 amide bonds. The molecule has 0 aliphatic heterocycles. The Morgan fingerprint density at radius 1 is 1.50 bits per heavy atom. The van der Waals surface area contributed by atoms with Gasteiger partial charge in [0.1, 0.15) is 5.75 Å². The quantitative estimate of drug-likeness (QED) is 0.571. The lowest BCUT2D eigenvalue weighted by molar-refractivity contribution is 0.0500. The molecular weight excluding hydrogens is 204 g/mol. The normalized spacial score (nSPS) is 9.93. The summed E-state index contributed by atoms with van der Waals surface area (Å²) in [5.74, 6) is 0.481. The first-order valence-electron chi connectivity index (χ1n) is 4.06. The van der Waals surface area contributed by atoms with Gasteiger partial charge in [0.15, 0.2) is 13.1 Å². The third-order valence-corrected chi connectivity index (χ3v) is 2.23. The number of carbonyl (C=O) groups is 1. The van der Waals surface area contributed by atoms with Crippen molar-refractivity contribution in [1.82, 2.24) is 0 Å². The molecule has 0 aliphatic rings. The highest BCUT2D eigenvalue weighted by Crippen LogP contribution is 2.28. The Morgan fingerprint density at radius 3 is 2.79 bits per heavy atom. The van der Waals surface area contributed by atoms with Crippen molar-refractivity contribution in [3.05, 3.63) is 28.3 Å². The molecule has 1 aromatic rings. The van der Waals surface area contributed by atoms with Crippen molar-refractivity contribution in [3.8, 4) is 5.75 Å². The van der Waals surface area contributed by atoms with Gasteiger partial charge in [0.25, 0.3) is 0 Å². The fourth-order valence-electron chi connectivity index (χ4n) is 1.09. The van der Waals surface area contributed by atoms with Crippen LogP contribution in [0.15, 0.2) is 12.1 Å². The lowest BCUT2D eigenvalue weighted by atomic mass is 10.1. The highest BCUT2D eigenvalue weighted by molar-refractivity contribution is 6.31. The van der Waals surface area contributed by atoms with Gasteiger partial charge in [-0.25, -0.2) is 0 Å². The van der Waals surface area contributed by atoms with E-state index < -0.39 is 0 Å². The van der Waals surface area contributed by atoms with Crippen molar-refractivity contribution in [1.29, 1.82) is 0 Å². The zero-order valence-electron chi connectivity index (χ0n) is 8.04. The van der Waals surface area contributed by atoms with Crippen LogP contribution in [0.3, 0.4) is 0 Å². The summed E-state index contributed by atoms with van der Waals surface area (Å²) < 4.78 is 10.0. The number of hydrogen-bond acceptors (Lipinski definition) is 3. The Morgan fingerprint density at radius 2 is 2.21 bits per heavy atom. The van der Waals surface area contributed by atoms with Gasteiger partial charge in [-0.3, -0.25) is 4.79 Å². The minimum Gasteiger partial charge on any atom is -0.466 e. The predicted molar refractivity (Wildman–Crippen MR) is 54.1 cm³/mol. The van der Waals surface area contributed by atoms with Crippen LogP contribution in [0.2, 0.25) is 5.02 Å². The number of halogens is 1. The van der Waals surface area contributed by atoms with Crippen LogP contribution in [0.5, 0.6) is 5.75 Å². The number of methoxy groups -OCH3 is 1. The second-order valence-electron chi connectivity index (χ2n) is 2.76. The van der Waals surface area contributed by atoms with Crippen LogP contribution in [0.25, 0.3) is 0 Å². The number of aldehydes is 1. The number of rotatable bonds is 4. The summed E-state index contributed by atoms with van der Waals surface area (Å²) in [5.41, 5.74) is 1.22. The molecule has 0 aliphatic carbocycles. The molecule has 0 spiro atoms. The third kappa shape index (κ3) is 2.25. The maximum Gasteiger partial charge on any atom is 0.188 e. The maximum atomic E-state index is 10.7. The Bertz CT molecular complexity index is 336. The molecule has 0 atom stereocenters. The number of hydrogen-bond donors (Lipinski definition) is 0. The van der Waals surface area contributed by atoms with E-state index in [1.54, 1.807) is 19.1 Å².